The minimum atomic E-state index is 0.398. The van der Waals surface area contributed by atoms with E-state index in [4.69, 9.17) is 0 Å². The predicted molar refractivity (Wildman–Crippen MR) is 79.2 cm³/mol. The van der Waals surface area contributed by atoms with Gasteiger partial charge in [-0.3, -0.25) is 4.79 Å². The zero-order valence-corrected chi connectivity index (χ0v) is 11.4. The molecule has 0 unspecified atom stereocenters. The van der Waals surface area contributed by atoms with E-state index in [0.717, 1.165) is 17.7 Å². The molecule has 0 spiro atoms. The Morgan fingerprint density at radius 2 is 1.63 bits per heavy atom. The van der Waals surface area contributed by atoms with Crippen molar-refractivity contribution >= 4 is 12.1 Å². The number of hydrogen-bond acceptors (Lipinski definition) is 1. The molecular weight excluding hydrogens is 234 g/mol. The van der Waals surface area contributed by atoms with Crippen LogP contribution in [0.5, 0.6) is 0 Å². The van der Waals surface area contributed by atoms with Crippen LogP contribution in [-0.4, -0.2) is 6.41 Å². The average Bonchev–Trinajstić information content (AvgIpc) is 2.46. The molecule has 0 aliphatic heterocycles. The quantitative estimate of drug-likeness (QED) is 0.738. The number of anilines is 1. The Hall–Kier alpha value is -2.09. The molecule has 1 amide bonds. The van der Waals surface area contributed by atoms with Crippen molar-refractivity contribution in [1.29, 1.82) is 0 Å². The average molecular weight is 253 g/mol. The maximum absolute atomic E-state index is 11.4. The smallest absolute Gasteiger partial charge is 0.214 e. The zero-order valence-electron chi connectivity index (χ0n) is 11.4. The minimum Gasteiger partial charge on any atom is -0.310 e. The van der Waals surface area contributed by atoms with Crippen LogP contribution < -0.4 is 4.90 Å². The predicted octanol–water partition coefficient (Wildman–Crippen LogP) is 3.97. The van der Waals surface area contributed by atoms with E-state index in [9.17, 15) is 4.79 Å². The molecular formula is C17H19NO. The van der Waals surface area contributed by atoms with Gasteiger partial charge in [0.25, 0.3) is 0 Å². The Kier molecular flexibility index (Phi) is 4.35. The van der Waals surface area contributed by atoms with E-state index in [1.54, 1.807) is 4.90 Å². The van der Waals surface area contributed by atoms with Gasteiger partial charge in [0.05, 0.1) is 6.54 Å². The lowest BCUT2D eigenvalue weighted by Gasteiger charge is -2.22. The van der Waals surface area contributed by atoms with Gasteiger partial charge in [-0.25, -0.2) is 0 Å². The first kappa shape index (κ1) is 13.3. The summed E-state index contributed by atoms with van der Waals surface area (Å²) in [4.78, 5) is 13.2. The van der Waals surface area contributed by atoms with Gasteiger partial charge in [-0.15, -0.1) is 0 Å². The molecule has 0 bridgehead atoms. The first-order chi connectivity index (χ1) is 9.22. The van der Waals surface area contributed by atoms with Crippen molar-refractivity contribution in [2.45, 2.75) is 26.3 Å². The van der Waals surface area contributed by atoms with Crippen LogP contribution in [0.1, 0.15) is 30.9 Å². The summed E-state index contributed by atoms with van der Waals surface area (Å²) in [6, 6.07) is 18.1. The van der Waals surface area contributed by atoms with Crippen molar-refractivity contribution in [1.82, 2.24) is 0 Å². The first-order valence-electron chi connectivity index (χ1n) is 6.57. The fourth-order valence-electron chi connectivity index (χ4n) is 2.20. The fraction of sp³-hybridized carbons (Fsp3) is 0.235. The molecule has 0 N–H and O–H groups in total. The van der Waals surface area contributed by atoms with Gasteiger partial charge >= 0.3 is 0 Å². The second kappa shape index (κ2) is 6.19. The Bertz CT molecular complexity index is 534. The molecule has 98 valence electrons. The summed E-state index contributed by atoms with van der Waals surface area (Å²) in [7, 11) is 0. The van der Waals surface area contributed by atoms with Crippen LogP contribution in [0.4, 0.5) is 5.69 Å². The summed E-state index contributed by atoms with van der Waals surface area (Å²) in [5.74, 6) is 0.398. The Morgan fingerprint density at radius 3 is 2.26 bits per heavy atom. The molecule has 0 atom stereocenters. The number of rotatable bonds is 5. The maximum atomic E-state index is 11.4. The first-order valence-corrected chi connectivity index (χ1v) is 6.57. The van der Waals surface area contributed by atoms with Crippen molar-refractivity contribution in [2.24, 2.45) is 0 Å². The van der Waals surface area contributed by atoms with Crippen molar-refractivity contribution in [3.63, 3.8) is 0 Å². The van der Waals surface area contributed by atoms with Gasteiger partial charge in [-0.1, -0.05) is 62.4 Å². The molecule has 2 heteroatoms. The highest BCUT2D eigenvalue weighted by Gasteiger charge is 2.12. The van der Waals surface area contributed by atoms with Crippen molar-refractivity contribution in [3.05, 3.63) is 65.7 Å². The van der Waals surface area contributed by atoms with Gasteiger partial charge in [-0.2, -0.15) is 0 Å². The van der Waals surface area contributed by atoms with Crippen LogP contribution >= 0.6 is 0 Å². The lowest BCUT2D eigenvalue weighted by Crippen LogP contribution is -2.21. The summed E-state index contributed by atoms with van der Waals surface area (Å²) in [5, 5.41) is 0. The lowest BCUT2D eigenvalue weighted by molar-refractivity contribution is -0.107. The highest BCUT2D eigenvalue weighted by molar-refractivity contribution is 5.77. The van der Waals surface area contributed by atoms with Gasteiger partial charge in [0.15, 0.2) is 0 Å². The molecule has 0 fully saturated rings. The minimum absolute atomic E-state index is 0.398. The van der Waals surface area contributed by atoms with Gasteiger partial charge in [0, 0.05) is 5.69 Å². The van der Waals surface area contributed by atoms with Crippen LogP contribution in [0, 0.1) is 0 Å². The molecule has 0 saturated heterocycles. The fourth-order valence-corrected chi connectivity index (χ4v) is 2.20. The van der Waals surface area contributed by atoms with Gasteiger partial charge < -0.3 is 4.90 Å². The molecule has 0 heterocycles. The van der Waals surface area contributed by atoms with Crippen LogP contribution in [0.25, 0.3) is 0 Å². The third kappa shape index (κ3) is 3.22. The summed E-state index contributed by atoms with van der Waals surface area (Å²) in [6.07, 6.45) is 0.911. The Labute approximate surface area is 114 Å². The SMILES string of the molecule is CC(C)c1ccccc1N(C=O)Cc1ccccc1. The standard InChI is InChI=1S/C17H19NO/c1-14(2)16-10-6-7-11-17(16)18(13-19)12-15-8-4-3-5-9-15/h3-11,13-14H,12H2,1-2H3. The third-order valence-electron chi connectivity index (χ3n) is 3.19. The molecule has 0 aliphatic rings. The number of para-hydroxylation sites is 1. The maximum Gasteiger partial charge on any atom is 0.214 e. The molecule has 0 aliphatic carbocycles. The molecule has 2 aromatic rings. The van der Waals surface area contributed by atoms with E-state index in [2.05, 4.69) is 19.9 Å². The van der Waals surface area contributed by atoms with E-state index < -0.39 is 0 Å². The van der Waals surface area contributed by atoms with Crippen molar-refractivity contribution < 1.29 is 4.79 Å². The molecule has 2 rings (SSSR count). The van der Waals surface area contributed by atoms with Gasteiger partial charge in [-0.05, 0) is 23.1 Å². The summed E-state index contributed by atoms with van der Waals surface area (Å²) in [5.41, 5.74) is 3.33. The van der Waals surface area contributed by atoms with Gasteiger partial charge in [0.1, 0.15) is 0 Å². The van der Waals surface area contributed by atoms with E-state index >= 15 is 0 Å². The largest absolute Gasteiger partial charge is 0.310 e. The second-order valence-corrected chi connectivity index (χ2v) is 4.93. The highest BCUT2D eigenvalue weighted by Crippen LogP contribution is 2.27. The molecule has 19 heavy (non-hydrogen) atoms. The van der Waals surface area contributed by atoms with Crippen molar-refractivity contribution in [3.8, 4) is 0 Å². The van der Waals surface area contributed by atoms with Crippen molar-refractivity contribution in [2.75, 3.05) is 4.90 Å². The van der Waals surface area contributed by atoms with Gasteiger partial charge in [0.2, 0.25) is 6.41 Å². The van der Waals surface area contributed by atoms with Crippen LogP contribution in [-0.2, 0) is 11.3 Å². The highest BCUT2D eigenvalue weighted by atomic mass is 16.1. The Morgan fingerprint density at radius 1 is 1.00 bits per heavy atom. The van der Waals surface area contributed by atoms with Crippen LogP contribution in [0.2, 0.25) is 0 Å². The van der Waals surface area contributed by atoms with E-state index in [1.807, 2.05) is 48.5 Å². The molecule has 0 aromatic heterocycles. The van der Waals surface area contributed by atoms with Crippen LogP contribution in [0.3, 0.4) is 0 Å². The number of amides is 1. The van der Waals surface area contributed by atoms with Crippen LogP contribution in [0.15, 0.2) is 54.6 Å². The molecule has 2 nitrogen and oxygen atoms in total. The second-order valence-electron chi connectivity index (χ2n) is 4.93. The summed E-state index contributed by atoms with van der Waals surface area (Å²) in [6.45, 7) is 4.89. The lowest BCUT2D eigenvalue weighted by atomic mass is 10.0. The molecule has 2 aromatic carbocycles. The van der Waals surface area contributed by atoms with E-state index in [1.165, 1.54) is 5.56 Å². The number of nitrogens with zero attached hydrogens (tertiary/aromatic N) is 1. The number of carbonyl (C=O) groups excluding carboxylic acids is 1. The summed E-state index contributed by atoms with van der Waals surface area (Å²) < 4.78 is 0. The van der Waals surface area contributed by atoms with E-state index in [0.29, 0.717) is 12.5 Å². The topological polar surface area (TPSA) is 20.3 Å². The Balaban J connectivity index is 2.30. The molecule has 0 radical (unpaired) electrons. The number of carbonyl (C=O) groups is 1. The number of benzene rings is 2. The zero-order chi connectivity index (χ0) is 13.7. The number of hydrogen-bond donors (Lipinski definition) is 0. The molecule has 0 saturated carbocycles. The third-order valence-corrected chi connectivity index (χ3v) is 3.19. The normalized spacial score (nSPS) is 10.5. The van der Waals surface area contributed by atoms with E-state index in [-0.39, 0.29) is 0 Å². The monoisotopic (exact) mass is 253 g/mol. The summed E-state index contributed by atoms with van der Waals surface area (Å²) >= 11 is 0.